The molecule has 4 nitrogen and oxygen atoms in total. The lowest BCUT2D eigenvalue weighted by Gasteiger charge is -2.21. The molecule has 30 heavy (non-hydrogen) atoms. The molecule has 0 amide bonds. The van der Waals surface area contributed by atoms with Crippen molar-refractivity contribution in [3.8, 4) is 0 Å². The van der Waals surface area contributed by atoms with E-state index in [0.29, 0.717) is 24.2 Å². The Labute approximate surface area is 179 Å². The maximum Gasteiger partial charge on any atom is 0.262 e. The first-order valence-electron chi connectivity index (χ1n) is 9.91. The number of aromatic nitrogens is 1. The van der Waals surface area contributed by atoms with Gasteiger partial charge >= 0.3 is 0 Å². The average Bonchev–Trinajstić information content (AvgIpc) is 2.85. The van der Waals surface area contributed by atoms with Gasteiger partial charge in [-0.05, 0) is 42.3 Å². The number of fused-ring (bicyclic) bond motifs is 3. The van der Waals surface area contributed by atoms with Crippen LogP contribution in [0.1, 0.15) is 48.3 Å². The number of para-hydroxylation sites is 1. The standard InChI is InChI=1S/C24H23FN2O2S/c1-24(2,3)30-23(29)19-14-26-13-12-18-17-6-4-5-7-20(17)27(21(18)19)22(28)15-8-10-16(25)11-9-15/h4-11,14,19H,12-13H2,1-3H3. The molecule has 2 heterocycles. The molecule has 1 unspecified atom stereocenters. The first kappa shape index (κ1) is 20.5. The van der Waals surface area contributed by atoms with Crippen molar-refractivity contribution in [1.29, 1.82) is 0 Å². The van der Waals surface area contributed by atoms with Crippen molar-refractivity contribution in [2.75, 3.05) is 6.54 Å². The molecule has 1 aliphatic heterocycles. The van der Waals surface area contributed by atoms with Crippen LogP contribution < -0.4 is 0 Å². The second-order valence-electron chi connectivity index (χ2n) is 8.34. The van der Waals surface area contributed by atoms with Crippen LogP contribution in [-0.2, 0) is 11.2 Å². The van der Waals surface area contributed by atoms with Crippen LogP contribution >= 0.6 is 11.8 Å². The smallest absolute Gasteiger partial charge is 0.262 e. The van der Waals surface area contributed by atoms with Crippen molar-refractivity contribution in [2.45, 2.75) is 37.9 Å². The van der Waals surface area contributed by atoms with Crippen LogP contribution in [0.5, 0.6) is 0 Å². The fourth-order valence-electron chi connectivity index (χ4n) is 3.82. The van der Waals surface area contributed by atoms with E-state index in [1.165, 1.54) is 36.0 Å². The highest BCUT2D eigenvalue weighted by Gasteiger charge is 2.34. The Hall–Kier alpha value is -2.73. The summed E-state index contributed by atoms with van der Waals surface area (Å²) in [6.07, 6.45) is 2.33. The minimum atomic E-state index is -0.622. The summed E-state index contributed by atoms with van der Waals surface area (Å²) >= 11 is 1.26. The molecule has 4 rings (SSSR count). The third kappa shape index (κ3) is 3.84. The van der Waals surface area contributed by atoms with Crippen LogP contribution in [-0.4, -0.2) is 33.1 Å². The highest BCUT2D eigenvalue weighted by Crippen LogP contribution is 2.38. The largest absolute Gasteiger partial charge is 0.296 e. The molecule has 1 atom stereocenters. The fourth-order valence-corrected chi connectivity index (χ4v) is 4.72. The van der Waals surface area contributed by atoms with Crippen LogP contribution in [0.15, 0.2) is 53.5 Å². The first-order valence-corrected chi connectivity index (χ1v) is 10.7. The molecule has 0 spiro atoms. The maximum absolute atomic E-state index is 13.5. The maximum atomic E-state index is 13.5. The molecule has 6 heteroatoms. The van der Waals surface area contributed by atoms with Crippen molar-refractivity contribution < 1.29 is 14.0 Å². The van der Waals surface area contributed by atoms with E-state index in [0.717, 1.165) is 16.5 Å². The van der Waals surface area contributed by atoms with Gasteiger partial charge in [0.15, 0.2) is 0 Å². The van der Waals surface area contributed by atoms with E-state index in [9.17, 15) is 14.0 Å². The molecule has 1 aromatic heterocycles. The molecule has 2 aromatic carbocycles. The van der Waals surface area contributed by atoms with Crippen molar-refractivity contribution in [2.24, 2.45) is 4.99 Å². The quantitative estimate of drug-likeness (QED) is 0.568. The van der Waals surface area contributed by atoms with E-state index in [1.807, 2.05) is 45.0 Å². The van der Waals surface area contributed by atoms with Crippen LogP contribution in [0, 0.1) is 5.82 Å². The third-order valence-corrected chi connectivity index (χ3v) is 6.08. The number of hydrogen-bond acceptors (Lipinski definition) is 4. The zero-order chi connectivity index (χ0) is 21.5. The van der Waals surface area contributed by atoms with Gasteiger partial charge in [0, 0.05) is 34.1 Å². The van der Waals surface area contributed by atoms with Gasteiger partial charge in [0.1, 0.15) is 11.7 Å². The number of halogens is 1. The van der Waals surface area contributed by atoms with Gasteiger partial charge in [-0.2, -0.15) is 0 Å². The summed E-state index contributed by atoms with van der Waals surface area (Å²) in [7, 11) is 0. The normalized spacial score (nSPS) is 16.3. The number of carbonyl (C=O) groups excluding carboxylic acids is 2. The van der Waals surface area contributed by atoms with Crippen LogP contribution in [0.4, 0.5) is 4.39 Å². The zero-order valence-electron chi connectivity index (χ0n) is 17.2. The van der Waals surface area contributed by atoms with E-state index in [1.54, 1.807) is 10.8 Å². The van der Waals surface area contributed by atoms with Crippen molar-refractivity contribution in [3.63, 3.8) is 0 Å². The lowest BCUT2D eigenvalue weighted by atomic mass is 10.0. The second-order valence-corrected chi connectivity index (χ2v) is 10.2. The molecule has 154 valence electrons. The number of rotatable bonds is 2. The van der Waals surface area contributed by atoms with Gasteiger partial charge in [-0.3, -0.25) is 19.1 Å². The minimum absolute atomic E-state index is 0.0367. The molecule has 0 saturated heterocycles. The van der Waals surface area contributed by atoms with Gasteiger partial charge in [-0.15, -0.1) is 0 Å². The summed E-state index contributed by atoms with van der Waals surface area (Å²) < 4.78 is 14.8. The van der Waals surface area contributed by atoms with Crippen LogP contribution in [0.3, 0.4) is 0 Å². The molecule has 0 N–H and O–H groups in total. The Morgan fingerprint density at radius 2 is 1.80 bits per heavy atom. The second kappa shape index (κ2) is 7.84. The third-order valence-electron chi connectivity index (χ3n) is 5.02. The SMILES string of the molecule is CC(C)(C)SC(=O)C1C=NCCc2c1n(C(=O)c1ccc(F)cc1)c1ccccc21. The lowest BCUT2D eigenvalue weighted by Crippen LogP contribution is -2.24. The number of aliphatic imine (C=N–C) groups is 1. The lowest BCUT2D eigenvalue weighted by molar-refractivity contribution is -0.111. The summed E-state index contributed by atoms with van der Waals surface area (Å²) in [5, 5.41) is 0.914. The number of benzene rings is 2. The van der Waals surface area contributed by atoms with E-state index in [-0.39, 0.29) is 15.8 Å². The Morgan fingerprint density at radius 3 is 2.50 bits per heavy atom. The van der Waals surface area contributed by atoms with Gasteiger partial charge in [0.2, 0.25) is 5.12 Å². The Morgan fingerprint density at radius 1 is 1.10 bits per heavy atom. The molecule has 0 bridgehead atoms. The molecule has 0 fully saturated rings. The van der Waals surface area contributed by atoms with Crippen LogP contribution in [0.2, 0.25) is 0 Å². The van der Waals surface area contributed by atoms with E-state index >= 15 is 0 Å². The van der Waals surface area contributed by atoms with E-state index in [2.05, 4.69) is 4.99 Å². The molecular weight excluding hydrogens is 399 g/mol. The number of nitrogens with zero attached hydrogens (tertiary/aromatic N) is 2. The minimum Gasteiger partial charge on any atom is -0.296 e. The number of hydrogen-bond donors (Lipinski definition) is 0. The summed E-state index contributed by atoms with van der Waals surface area (Å²) in [5.74, 6) is -1.30. The summed E-state index contributed by atoms with van der Waals surface area (Å²) in [6, 6.07) is 13.2. The van der Waals surface area contributed by atoms with E-state index < -0.39 is 11.7 Å². The molecule has 0 radical (unpaired) electrons. The Balaban J connectivity index is 1.94. The van der Waals surface area contributed by atoms with Crippen molar-refractivity contribution in [1.82, 2.24) is 4.57 Å². The predicted molar refractivity (Wildman–Crippen MR) is 120 cm³/mol. The van der Waals surface area contributed by atoms with Gasteiger partial charge in [0.05, 0.1) is 5.52 Å². The Kier molecular flexibility index (Phi) is 5.36. The van der Waals surface area contributed by atoms with Crippen molar-refractivity contribution in [3.05, 3.63) is 71.2 Å². The molecular formula is C24H23FN2O2S. The summed E-state index contributed by atoms with van der Waals surface area (Å²) in [5.41, 5.74) is 2.78. The monoisotopic (exact) mass is 422 g/mol. The van der Waals surface area contributed by atoms with Crippen LogP contribution in [0.25, 0.3) is 10.9 Å². The van der Waals surface area contributed by atoms with E-state index in [4.69, 9.17) is 0 Å². The van der Waals surface area contributed by atoms with Gasteiger partial charge < -0.3 is 0 Å². The average molecular weight is 423 g/mol. The van der Waals surface area contributed by atoms with Gasteiger partial charge in [-0.1, -0.05) is 50.7 Å². The highest BCUT2D eigenvalue weighted by molar-refractivity contribution is 8.14. The Bertz CT molecular complexity index is 1160. The molecule has 1 aliphatic rings. The molecule has 3 aromatic rings. The summed E-state index contributed by atoms with van der Waals surface area (Å²) in [4.78, 5) is 31.3. The number of carbonyl (C=O) groups is 2. The summed E-state index contributed by atoms with van der Waals surface area (Å²) in [6.45, 7) is 6.53. The topological polar surface area (TPSA) is 51.4 Å². The first-order chi connectivity index (χ1) is 14.3. The van der Waals surface area contributed by atoms with Gasteiger partial charge in [-0.25, -0.2) is 4.39 Å². The molecule has 0 saturated carbocycles. The highest BCUT2D eigenvalue weighted by atomic mass is 32.2. The van der Waals surface area contributed by atoms with Crippen molar-refractivity contribution >= 4 is 39.9 Å². The number of thioether (sulfide) groups is 1. The fraction of sp³-hybridized carbons (Fsp3) is 0.292. The zero-order valence-corrected chi connectivity index (χ0v) is 18.0. The van der Waals surface area contributed by atoms with Gasteiger partial charge in [0.25, 0.3) is 5.91 Å². The molecule has 0 aliphatic carbocycles. The predicted octanol–water partition coefficient (Wildman–Crippen LogP) is 5.24.